The highest BCUT2D eigenvalue weighted by Gasteiger charge is 2.36. The van der Waals surface area contributed by atoms with Gasteiger partial charge >= 0.3 is 12.0 Å². The van der Waals surface area contributed by atoms with Crippen LogP contribution in [0.25, 0.3) is 0 Å². The Bertz CT molecular complexity index is 506. The van der Waals surface area contributed by atoms with E-state index in [1.807, 2.05) is 0 Å². The summed E-state index contributed by atoms with van der Waals surface area (Å²) in [7, 11) is 0. The molecular weight excluding hydrogens is 246 g/mol. The maximum Gasteiger partial charge on any atom is 0.337 e. The molecule has 0 unspecified atom stereocenters. The van der Waals surface area contributed by atoms with Crippen molar-refractivity contribution in [2.75, 3.05) is 4.90 Å². The summed E-state index contributed by atoms with van der Waals surface area (Å²) < 4.78 is 0. The molecular formula is C13H15N3O3. The predicted molar refractivity (Wildman–Crippen MR) is 68.3 cm³/mol. The average Bonchev–Trinajstić information content (AvgIpc) is 3.24. The minimum Gasteiger partial charge on any atom is -0.478 e. The number of carbonyl (C=O) groups excluding carboxylic acids is 1. The minimum absolute atomic E-state index is 0.124. The van der Waals surface area contributed by atoms with Crippen LogP contribution in [0.3, 0.4) is 0 Å². The first-order chi connectivity index (χ1) is 9.15. The van der Waals surface area contributed by atoms with Crippen molar-refractivity contribution >= 4 is 17.8 Å². The number of anilines is 1. The van der Waals surface area contributed by atoms with Crippen molar-refractivity contribution in [3.05, 3.63) is 23.9 Å². The summed E-state index contributed by atoms with van der Waals surface area (Å²) in [6, 6.07) is 3.44. The molecule has 1 heterocycles. The van der Waals surface area contributed by atoms with Gasteiger partial charge in [0.2, 0.25) is 0 Å². The van der Waals surface area contributed by atoms with Crippen molar-refractivity contribution in [3.8, 4) is 0 Å². The van der Waals surface area contributed by atoms with Gasteiger partial charge in [0.1, 0.15) is 5.82 Å². The van der Waals surface area contributed by atoms with Crippen molar-refractivity contribution in [2.24, 2.45) is 0 Å². The molecule has 0 spiro atoms. The first-order valence-electron chi connectivity index (χ1n) is 6.44. The van der Waals surface area contributed by atoms with Crippen LogP contribution in [0, 0.1) is 0 Å². The molecule has 2 amide bonds. The normalized spacial score (nSPS) is 17.9. The van der Waals surface area contributed by atoms with Crippen molar-refractivity contribution in [3.63, 3.8) is 0 Å². The minimum atomic E-state index is -1.01. The van der Waals surface area contributed by atoms with E-state index < -0.39 is 5.97 Å². The molecule has 6 heteroatoms. The summed E-state index contributed by atoms with van der Waals surface area (Å²) in [5.41, 5.74) is 0.127. The standard InChI is InChI=1S/C13H15N3O3/c17-12(18)8-1-6-11(14-7-8)16(10-4-5-10)13(19)15-9-2-3-9/h1,6-7,9-10H,2-5H2,(H,15,19)(H,17,18). The fourth-order valence-corrected chi connectivity index (χ4v) is 1.92. The molecule has 0 aliphatic heterocycles. The number of nitrogens with one attached hydrogen (secondary N) is 1. The lowest BCUT2D eigenvalue weighted by atomic mass is 10.3. The quantitative estimate of drug-likeness (QED) is 0.862. The Morgan fingerprint density at radius 3 is 2.47 bits per heavy atom. The highest BCUT2D eigenvalue weighted by atomic mass is 16.4. The van der Waals surface area contributed by atoms with E-state index in [0.717, 1.165) is 25.7 Å². The Labute approximate surface area is 110 Å². The molecule has 1 aromatic heterocycles. The highest BCUT2D eigenvalue weighted by Crippen LogP contribution is 2.31. The van der Waals surface area contributed by atoms with E-state index in [1.54, 1.807) is 11.0 Å². The molecule has 19 heavy (non-hydrogen) atoms. The predicted octanol–water partition coefficient (Wildman–Crippen LogP) is 1.62. The second-order valence-corrected chi connectivity index (χ2v) is 5.04. The van der Waals surface area contributed by atoms with Crippen molar-refractivity contribution < 1.29 is 14.7 Å². The third kappa shape index (κ3) is 2.67. The number of amides is 2. The Morgan fingerprint density at radius 1 is 1.26 bits per heavy atom. The van der Waals surface area contributed by atoms with Crippen LogP contribution < -0.4 is 10.2 Å². The molecule has 100 valence electrons. The van der Waals surface area contributed by atoms with Gasteiger partial charge in [-0.15, -0.1) is 0 Å². The number of carboxylic acid groups (broad SMARTS) is 1. The lowest BCUT2D eigenvalue weighted by Gasteiger charge is -2.21. The number of hydrogen-bond donors (Lipinski definition) is 2. The zero-order chi connectivity index (χ0) is 13.4. The van der Waals surface area contributed by atoms with Gasteiger partial charge in [-0.05, 0) is 37.8 Å². The maximum atomic E-state index is 12.2. The molecule has 1 aromatic rings. The second-order valence-electron chi connectivity index (χ2n) is 5.04. The molecule has 0 radical (unpaired) electrons. The van der Waals surface area contributed by atoms with Crippen LogP contribution in [0.15, 0.2) is 18.3 Å². The third-order valence-electron chi connectivity index (χ3n) is 3.28. The van der Waals surface area contributed by atoms with E-state index in [-0.39, 0.29) is 17.6 Å². The van der Waals surface area contributed by atoms with Gasteiger partial charge in [-0.25, -0.2) is 14.6 Å². The molecule has 2 saturated carbocycles. The molecule has 0 atom stereocenters. The number of rotatable bonds is 4. The molecule has 0 aromatic carbocycles. The number of pyridine rings is 1. The summed E-state index contributed by atoms with van der Waals surface area (Å²) in [6.07, 6.45) is 5.31. The van der Waals surface area contributed by atoms with E-state index in [0.29, 0.717) is 11.9 Å². The van der Waals surface area contributed by atoms with Gasteiger partial charge in [0.05, 0.1) is 5.56 Å². The zero-order valence-electron chi connectivity index (χ0n) is 10.4. The Morgan fingerprint density at radius 2 is 2.00 bits per heavy atom. The van der Waals surface area contributed by atoms with Crippen LogP contribution in [0.2, 0.25) is 0 Å². The molecule has 2 fully saturated rings. The van der Waals surface area contributed by atoms with Crippen LogP contribution in [0.4, 0.5) is 10.6 Å². The van der Waals surface area contributed by atoms with Crippen molar-refractivity contribution in [1.29, 1.82) is 0 Å². The first kappa shape index (κ1) is 12.0. The van der Waals surface area contributed by atoms with Crippen LogP contribution in [-0.4, -0.2) is 34.2 Å². The number of nitrogens with zero attached hydrogens (tertiary/aromatic N) is 2. The second kappa shape index (κ2) is 4.53. The summed E-state index contributed by atoms with van der Waals surface area (Å²) in [6.45, 7) is 0. The number of carbonyl (C=O) groups is 2. The smallest absolute Gasteiger partial charge is 0.337 e. The van der Waals surface area contributed by atoms with Gasteiger partial charge in [-0.2, -0.15) is 0 Å². The lowest BCUT2D eigenvalue weighted by Crippen LogP contribution is -2.43. The molecule has 6 nitrogen and oxygen atoms in total. The zero-order valence-corrected chi connectivity index (χ0v) is 10.4. The van der Waals surface area contributed by atoms with Crippen LogP contribution in [0.1, 0.15) is 36.0 Å². The number of aromatic nitrogens is 1. The molecule has 2 aliphatic carbocycles. The third-order valence-corrected chi connectivity index (χ3v) is 3.28. The van der Waals surface area contributed by atoms with E-state index >= 15 is 0 Å². The van der Waals surface area contributed by atoms with E-state index in [2.05, 4.69) is 10.3 Å². The van der Waals surface area contributed by atoms with Crippen LogP contribution in [0.5, 0.6) is 0 Å². The molecule has 0 bridgehead atoms. The lowest BCUT2D eigenvalue weighted by molar-refractivity contribution is 0.0696. The van der Waals surface area contributed by atoms with Crippen LogP contribution >= 0.6 is 0 Å². The van der Waals surface area contributed by atoms with Crippen LogP contribution in [-0.2, 0) is 0 Å². The van der Waals surface area contributed by atoms with E-state index in [4.69, 9.17) is 5.11 Å². The molecule has 0 saturated heterocycles. The van der Waals surface area contributed by atoms with E-state index in [1.165, 1.54) is 12.3 Å². The Balaban J connectivity index is 1.78. The Kier molecular flexibility index (Phi) is 2.85. The first-order valence-corrected chi connectivity index (χ1v) is 6.44. The van der Waals surface area contributed by atoms with Crippen molar-refractivity contribution in [1.82, 2.24) is 10.3 Å². The molecule has 3 rings (SSSR count). The number of carboxylic acids is 1. The van der Waals surface area contributed by atoms with Gasteiger partial charge in [0.25, 0.3) is 0 Å². The summed E-state index contributed by atoms with van der Waals surface area (Å²) in [5.74, 6) is -0.495. The average molecular weight is 261 g/mol. The highest BCUT2D eigenvalue weighted by molar-refractivity contribution is 5.93. The van der Waals surface area contributed by atoms with Gasteiger partial charge in [-0.3, -0.25) is 4.90 Å². The van der Waals surface area contributed by atoms with Gasteiger partial charge < -0.3 is 10.4 Å². The maximum absolute atomic E-state index is 12.2. The van der Waals surface area contributed by atoms with Gasteiger partial charge in [0.15, 0.2) is 0 Å². The monoisotopic (exact) mass is 261 g/mol. The van der Waals surface area contributed by atoms with Gasteiger partial charge in [0, 0.05) is 18.3 Å². The number of urea groups is 1. The number of hydrogen-bond acceptors (Lipinski definition) is 3. The number of aromatic carboxylic acids is 1. The summed E-state index contributed by atoms with van der Waals surface area (Å²) in [4.78, 5) is 28.7. The van der Waals surface area contributed by atoms with Crippen molar-refractivity contribution in [2.45, 2.75) is 37.8 Å². The summed E-state index contributed by atoms with van der Waals surface area (Å²) >= 11 is 0. The van der Waals surface area contributed by atoms with E-state index in [9.17, 15) is 9.59 Å². The largest absolute Gasteiger partial charge is 0.478 e. The topological polar surface area (TPSA) is 82.5 Å². The fourth-order valence-electron chi connectivity index (χ4n) is 1.92. The van der Waals surface area contributed by atoms with Gasteiger partial charge in [-0.1, -0.05) is 0 Å². The molecule has 2 aliphatic rings. The Hall–Kier alpha value is -2.11. The summed E-state index contributed by atoms with van der Waals surface area (Å²) in [5, 5.41) is 11.8. The SMILES string of the molecule is O=C(O)c1ccc(N(C(=O)NC2CC2)C2CC2)nc1. The fraction of sp³-hybridized carbons (Fsp3) is 0.462. The molecule has 2 N–H and O–H groups in total.